The lowest BCUT2D eigenvalue weighted by atomic mass is 9.96. The first-order valence-corrected chi connectivity index (χ1v) is 16.7. The highest BCUT2D eigenvalue weighted by atomic mass is 16.5. The number of aromatic nitrogens is 1. The van der Waals surface area contributed by atoms with Crippen LogP contribution < -0.4 is 15.4 Å². The van der Waals surface area contributed by atoms with Gasteiger partial charge in [0, 0.05) is 62.3 Å². The van der Waals surface area contributed by atoms with E-state index >= 15 is 0 Å². The van der Waals surface area contributed by atoms with E-state index in [2.05, 4.69) is 15.6 Å². The van der Waals surface area contributed by atoms with Crippen molar-refractivity contribution in [2.24, 2.45) is 5.92 Å². The normalized spacial score (nSPS) is 22.5. The fourth-order valence-electron chi connectivity index (χ4n) is 6.05. The van der Waals surface area contributed by atoms with E-state index in [1.54, 1.807) is 66.5 Å². The lowest BCUT2D eigenvalue weighted by Crippen LogP contribution is -2.50. The van der Waals surface area contributed by atoms with Gasteiger partial charge in [-0.1, -0.05) is 26.2 Å². The minimum absolute atomic E-state index is 0.111. The van der Waals surface area contributed by atoms with Crippen molar-refractivity contribution in [1.29, 1.82) is 0 Å². The second-order valence-electron chi connectivity index (χ2n) is 12.9. The molecule has 1 fully saturated rings. The van der Waals surface area contributed by atoms with Gasteiger partial charge in [0.1, 0.15) is 5.75 Å². The minimum atomic E-state index is -0.504. The number of amides is 4. The molecule has 46 heavy (non-hydrogen) atoms. The Labute approximate surface area is 273 Å². The third-order valence-corrected chi connectivity index (χ3v) is 8.99. The van der Waals surface area contributed by atoms with Crippen LogP contribution in [0.1, 0.15) is 92.9 Å². The topological polar surface area (TPSA) is 133 Å². The molecule has 2 aliphatic rings. The SMILES string of the molecule is C[C@@H]1CCCCO[C@H](CN(C)C(=O)NC2CCCCC2)[C@H](C)CN([C@@H](C)CO)C(=O)c2cc(NC(=O)c3ccncc3)ccc2O1. The van der Waals surface area contributed by atoms with E-state index < -0.39 is 6.04 Å². The molecule has 3 N–H and O–H groups in total. The molecule has 11 heteroatoms. The van der Waals surface area contributed by atoms with Crippen molar-refractivity contribution >= 4 is 23.5 Å². The third kappa shape index (κ3) is 9.90. The molecule has 252 valence electrons. The molecule has 2 aromatic rings. The van der Waals surface area contributed by atoms with Crippen LogP contribution in [-0.4, -0.2) is 95.4 Å². The predicted octanol–water partition coefficient (Wildman–Crippen LogP) is 5.10. The van der Waals surface area contributed by atoms with Crippen LogP contribution >= 0.6 is 0 Å². The molecular weight excluding hydrogens is 586 g/mol. The maximum Gasteiger partial charge on any atom is 0.317 e. The number of pyridine rings is 1. The van der Waals surface area contributed by atoms with Gasteiger partial charge in [0.05, 0.1) is 30.4 Å². The number of urea groups is 1. The van der Waals surface area contributed by atoms with Crippen LogP contribution in [0.4, 0.5) is 10.5 Å². The number of rotatable bonds is 7. The molecule has 4 rings (SSSR count). The predicted molar refractivity (Wildman–Crippen MR) is 177 cm³/mol. The van der Waals surface area contributed by atoms with Crippen molar-refractivity contribution in [2.75, 3.05) is 38.7 Å². The quantitative estimate of drug-likeness (QED) is 0.385. The molecule has 0 spiro atoms. The average Bonchev–Trinajstić information content (AvgIpc) is 3.06. The maximum atomic E-state index is 14.3. The summed E-state index contributed by atoms with van der Waals surface area (Å²) in [6.07, 6.45) is 10.6. The van der Waals surface area contributed by atoms with E-state index in [0.29, 0.717) is 35.7 Å². The Balaban J connectivity index is 1.58. The molecule has 4 amide bonds. The van der Waals surface area contributed by atoms with Crippen LogP contribution in [0.25, 0.3) is 0 Å². The van der Waals surface area contributed by atoms with E-state index in [1.165, 1.54) is 6.42 Å². The monoisotopic (exact) mass is 637 g/mol. The maximum absolute atomic E-state index is 14.3. The van der Waals surface area contributed by atoms with E-state index in [1.807, 2.05) is 13.8 Å². The number of carbonyl (C=O) groups is 3. The van der Waals surface area contributed by atoms with Crippen LogP contribution in [0.2, 0.25) is 0 Å². The van der Waals surface area contributed by atoms with Crippen LogP contribution in [0.15, 0.2) is 42.7 Å². The lowest BCUT2D eigenvalue weighted by molar-refractivity contribution is -0.0123. The standard InChI is InChI=1S/C35H51N5O6/c1-24-21-40(25(2)23-41)34(43)30-20-29(37-33(42)27-15-17-36-18-16-27)13-14-31(30)46-26(3)10-8-9-19-45-32(24)22-39(4)35(44)38-28-11-6-5-7-12-28/h13-18,20,24-26,28,32,41H,5-12,19,21-23H2,1-4H3,(H,37,42)(H,38,44)/t24-,25+,26-,32-/m1/s1. The molecule has 0 saturated heterocycles. The molecule has 0 radical (unpaired) electrons. The first-order valence-electron chi connectivity index (χ1n) is 16.7. The molecule has 1 saturated carbocycles. The number of benzene rings is 1. The van der Waals surface area contributed by atoms with Gasteiger partial charge in [0.15, 0.2) is 0 Å². The van der Waals surface area contributed by atoms with Crippen LogP contribution in [0.3, 0.4) is 0 Å². The van der Waals surface area contributed by atoms with Gasteiger partial charge in [-0.3, -0.25) is 14.6 Å². The van der Waals surface area contributed by atoms with Crippen molar-refractivity contribution < 1.29 is 29.0 Å². The molecule has 2 heterocycles. The van der Waals surface area contributed by atoms with Crippen LogP contribution in [0.5, 0.6) is 5.75 Å². The summed E-state index contributed by atoms with van der Waals surface area (Å²) in [6.45, 7) is 6.73. The molecule has 1 aromatic heterocycles. The Kier molecular flexibility index (Phi) is 13.2. The summed E-state index contributed by atoms with van der Waals surface area (Å²) in [5, 5.41) is 16.3. The highest BCUT2D eigenvalue weighted by Gasteiger charge is 2.31. The molecule has 4 atom stereocenters. The Hall–Kier alpha value is -3.70. The van der Waals surface area contributed by atoms with Gasteiger partial charge in [0.25, 0.3) is 11.8 Å². The van der Waals surface area contributed by atoms with Crippen molar-refractivity contribution in [3.05, 3.63) is 53.9 Å². The number of nitrogens with one attached hydrogen (secondary N) is 2. The number of hydrogen-bond donors (Lipinski definition) is 3. The zero-order valence-corrected chi connectivity index (χ0v) is 27.7. The fraction of sp³-hybridized carbons (Fsp3) is 0.600. The Morgan fingerprint density at radius 3 is 2.50 bits per heavy atom. The number of fused-ring (bicyclic) bond motifs is 1. The number of aliphatic hydroxyl groups excluding tert-OH is 1. The summed E-state index contributed by atoms with van der Waals surface area (Å²) in [5.41, 5.74) is 1.19. The zero-order valence-electron chi connectivity index (χ0n) is 27.7. The van der Waals surface area contributed by atoms with Gasteiger partial charge in [-0.2, -0.15) is 0 Å². The smallest absolute Gasteiger partial charge is 0.317 e. The molecule has 1 aromatic carbocycles. The molecule has 11 nitrogen and oxygen atoms in total. The van der Waals surface area contributed by atoms with Crippen LogP contribution in [0, 0.1) is 5.92 Å². The van der Waals surface area contributed by atoms with Gasteiger partial charge in [-0.05, 0) is 76.3 Å². The van der Waals surface area contributed by atoms with E-state index in [0.717, 1.165) is 44.9 Å². The highest BCUT2D eigenvalue weighted by molar-refractivity contribution is 6.05. The number of anilines is 1. The van der Waals surface area contributed by atoms with Crippen molar-refractivity contribution in [2.45, 2.75) is 96.4 Å². The molecule has 1 aliphatic heterocycles. The summed E-state index contributed by atoms with van der Waals surface area (Å²) < 4.78 is 12.7. The summed E-state index contributed by atoms with van der Waals surface area (Å²) in [4.78, 5) is 47.6. The number of likely N-dealkylation sites (N-methyl/N-ethyl adjacent to an activating group) is 1. The van der Waals surface area contributed by atoms with E-state index in [4.69, 9.17) is 9.47 Å². The minimum Gasteiger partial charge on any atom is -0.490 e. The molecular formula is C35H51N5O6. The second kappa shape index (κ2) is 17.3. The Bertz CT molecular complexity index is 1290. The Morgan fingerprint density at radius 2 is 1.78 bits per heavy atom. The lowest BCUT2D eigenvalue weighted by Gasteiger charge is -2.36. The van der Waals surface area contributed by atoms with Crippen molar-refractivity contribution in [1.82, 2.24) is 20.1 Å². The van der Waals surface area contributed by atoms with Crippen LogP contribution in [-0.2, 0) is 4.74 Å². The van der Waals surface area contributed by atoms with Gasteiger partial charge in [0.2, 0.25) is 0 Å². The largest absolute Gasteiger partial charge is 0.490 e. The number of carbonyl (C=O) groups excluding carboxylic acids is 3. The zero-order chi connectivity index (χ0) is 33.1. The highest BCUT2D eigenvalue weighted by Crippen LogP contribution is 2.29. The van der Waals surface area contributed by atoms with Gasteiger partial charge >= 0.3 is 6.03 Å². The summed E-state index contributed by atoms with van der Waals surface area (Å²) in [7, 11) is 1.79. The summed E-state index contributed by atoms with van der Waals surface area (Å²) >= 11 is 0. The summed E-state index contributed by atoms with van der Waals surface area (Å²) in [5.74, 6) is -0.388. The first kappa shape index (κ1) is 35.2. The number of ether oxygens (including phenoxy) is 2. The van der Waals surface area contributed by atoms with Gasteiger partial charge in [-0.15, -0.1) is 0 Å². The van der Waals surface area contributed by atoms with Crippen molar-refractivity contribution in [3.8, 4) is 5.75 Å². The first-order chi connectivity index (χ1) is 22.2. The third-order valence-electron chi connectivity index (χ3n) is 8.99. The van der Waals surface area contributed by atoms with E-state index in [9.17, 15) is 19.5 Å². The molecule has 0 bridgehead atoms. The number of nitrogens with zero attached hydrogens (tertiary/aromatic N) is 3. The van der Waals surface area contributed by atoms with E-state index in [-0.39, 0.29) is 55.2 Å². The second-order valence-corrected chi connectivity index (χ2v) is 12.9. The molecule has 0 unspecified atom stereocenters. The van der Waals surface area contributed by atoms with Gasteiger partial charge < -0.3 is 35.0 Å². The number of hydrogen-bond acceptors (Lipinski definition) is 7. The summed E-state index contributed by atoms with van der Waals surface area (Å²) in [6, 6.07) is 7.90. The number of aliphatic hydroxyl groups is 1. The Morgan fingerprint density at radius 1 is 1.07 bits per heavy atom. The van der Waals surface area contributed by atoms with Crippen molar-refractivity contribution in [3.63, 3.8) is 0 Å². The molecule has 1 aliphatic carbocycles. The van der Waals surface area contributed by atoms with Gasteiger partial charge in [-0.25, -0.2) is 4.79 Å². The fourth-order valence-corrected chi connectivity index (χ4v) is 6.05. The average molecular weight is 638 g/mol.